The van der Waals surface area contributed by atoms with Crippen LogP contribution in [0.4, 0.5) is 11.8 Å². The van der Waals surface area contributed by atoms with Gasteiger partial charge in [0.1, 0.15) is 5.82 Å². The van der Waals surface area contributed by atoms with Crippen LogP contribution in [-0.2, 0) is 20.1 Å². The van der Waals surface area contributed by atoms with Crippen molar-refractivity contribution >= 4 is 22.8 Å². The van der Waals surface area contributed by atoms with Crippen molar-refractivity contribution in [3.05, 3.63) is 24.2 Å². The van der Waals surface area contributed by atoms with Crippen molar-refractivity contribution in [2.24, 2.45) is 7.05 Å². The first-order chi connectivity index (χ1) is 10.1. The van der Waals surface area contributed by atoms with E-state index in [9.17, 15) is 0 Å². The van der Waals surface area contributed by atoms with Crippen LogP contribution < -0.4 is 10.6 Å². The molecule has 0 radical (unpaired) electrons. The van der Waals surface area contributed by atoms with Gasteiger partial charge in [0, 0.05) is 38.9 Å². The van der Waals surface area contributed by atoms with E-state index in [0.29, 0.717) is 18.3 Å². The molecule has 0 saturated carbocycles. The molecule has 0 bridgehead atoms. The van der Waals surface area contributed by atoms with E-state index in [0.717, 1.165) is 23.1 Å². The summed E-state index contributed by atoms with van der Waals surface area (Å²) in [5.74, 6) is 1.02. The average molecular weight is 286 g/mol. The maximum atomic E-state index is 5.98. The van der Waals surface area contributed by atoms with E-state index >= 15 is 0 Å². The lowest BCUT2D eigenvalue weighted by molar-refractivity contribution is 0.659. The van der Waals surface area contributed by atoms with E-state index in [2.05, 4.69) is 27.1 Å². The molecule has 0 atom stereocenters. The van der Waals surface area contributed by atoms with Gasteiger partial charge >= 0.3 is 0 Å². The summed E-state index contributed by atoms with van der Waals surface area (Å²) in [6.45, 7) is 3.58. The molecule has 0 aliphatic carbocycles. The first-order valence-corrected chi connectivity index (χ1v) is 6.76. The van der Waals surface area contributed by atoms with Crippen LogP contribution in [0.5, 0.6) is 0 Å². The van der Waals surface area contributed by atoms with Crippen LogP contribution in [0, 0.1) is 0 Å². The molecular weight excluding hydrogens is 268 g/mol. The molecule has 0 unspecified atom stereocenters. The van der Waals surface area contributed by atoms with Crippen molar-refractivity contribution < 1.29 is 0 Å². The highest BCUT2D eigenvalue weighted by atomic mass is 15.3. The molecule has 21 heavy (non-hydrogen) atoms. The van der Waals surface area contributed by atoms with Gasteiger partial charge in [-0.2, -0.15) is 20.2 Å². The van der Waals surface area contributed by atoms with Crippen LogP contribution in [0.3, 0.4) is 0 Å². The summed E-state index contributed by atoms with van der Waals surface area (Å²) in [7, 11) is 3.77. The van der Waals surface area contributed by atoms with E-state index in [1.807, 2.05) is 36.1 Å². The SMILES string of the molecule is CCn1cc(CN(C)c2nc(N)c3cnn(C)c3n2)cn1. The Morgan fingerprint density at radius 1 is 1.24 bits per heavy atom. The van der Waals surface area contributed by atoms with Gasteiger partial charge in [-0.1, -0.05) is 0 Å². The summed E-state index contributed by atoms with van der Waals surface area (Å²) in [6, 6.07) is 0. The highest BCUT2D eigenvalue weighted by Gasteiger charge is 2.13. The molecule has 0 saturated heterocycles. The fourth-order valence-electron chi connectivity index (χ4n) is 2.21. The minimum absolute atomic E-state index is 0.444. The monoisotopic (exact) mass is 286 g/mol. The van der Waals surface area contributed by atoms with Crippen LogP contribution in [0.2, 0.25) is 0 Å². The van der Waals surface area contributed by atoms with Crippen molar-refractivity contribution in [1.29, 1.82) is 0 Å². The van der Waals surface area contributed by atoms with Gasteiger partial charge in [-0.3, -0.25) is 9.36 Å². The molecule has 0 aliphatic heterocycles. The molecule has 2 N–H and O–H groups in total. The molecule has 3 heterocycles. The molecule has 8 heteroatoms. The number of fused-ring (bicyclic) bond motifs is 1. The second-order valence-corrected chi connectivity index (χ2v) is 4.97. The van der Waals surface area contributed by atoms with Gasteiger partial charge in [0.05, 0.1) is 17.8 Å². The van der Waals surface area contributed by atoms with Crippen molar-refractivity contribution in [2.45, 2.75) is 20.0 Å². The van der Waals surface area contributed by atoms with E-state index in [4.69, 9.17) is 5.73 Å². The molecule has 0 fully saturated rings. The minimum Gasteiger partial charge on any atom is -0.383 e. The number of anilines is 2. The zero-order chi connectivity index (χ0) is 15.0. The number of hydrogen-bond donors (Lipinski definition) is 1. The summed E-state index contributed by atoms with van der Waals surface area (Å²) < 4.78 is 3.59. The van der Waals surface area contributed by atoms with Gasteiger partial charge in [-0.25, -0.2) is 0 Å². The lowest BCUT2D eigenvalue weighted by atomic mass is 10.3. The minimum atomic E-state index is 0.444. The number of aryl methyl sites for hydroxylation is 2. The third kappa shape index (κ3) is 2.39. The molecule has 3 aromatic rings. The number of nitrogens with zero attached hydrogens (tertiary/aromatic N) is 7. The summed E-state index contributed by atoms with van der Waals surface area (Å²) >= 11 is 0. The Labute approximate surface area is 122 Å². The number of hydrogen-bond acceptors (Lipinski definition) is 6. The van der Waals surface area contributed by atoms with Gasteiger partial charge in [0.15, 0.2) is 5.65 Å². The Kier molecular flexibility index (Phi) is 3.20. The van der Waals surface area contributed by atoms with Crippen LogP contribution in [0.1, 0.15) is 12.5 Å². The molecule has 0 spiro atoms. The van der Waals surface area contributed by atoms with Gasteiger partial charge in [-0.05, 0) is 6.92 Å². The van der Waals surface area contributed by atoms with Crippen molar-refractivity contribution in [2.75, 3.05) is 17.7 Å². The Hall–Kier alpha value is -2.64. The average Bonchev–Trinajstić information content (AvgIpc) is 3.06. The fraction of sp³-hybridized carbons (Fsp3) is 0.385. The lowest BCUT2D eigenvalue weighted by Gasteiger charge is -2.16. The summed E-state index contributed by atoms with van der Waals surface area (Å²) in [6.07, 6.45) is 5.55. The number of rotatable bonds is 4. The van der Waals surface area contributed by atoms with Crippen molar-refractivity contribution in [1.82, 2.24) is 29.5 Å². The maximum absolute atomic E-state index is 5.98. The Balaban J connectivity index is 1.90. The standard InChI is InChI=1S/C13H18N8/c1-4-21-8-9(5-16-21)7-19(2)13-17-11(14)10-6-15-20(3)12(10)18-13/h5-6,8H,4,7H2,1-3H3,(H2,14,17,18). The predicted octanol–water partition coefficient (Wildman–Crippen LogP) is 0.798. The van der Waals surface area contributed by atoms with E-state index in [1.54, 1.807) is 10.9 Å². The molecule has 3 aromatic heterocycles. The Morgan fingerprint density at radius 2 is 2.05 bits per heavy atom. The molecule has 110 valence electrons. The number of nitrogen functional groups attached to an aromatic ring is 1. The summed E-state index contributed by atoms with van der Waals surface area (Å²) in [4.78, 5) is 10.8. The third-order valence-corrected chi connectivity index (χ3v) is 3.38. The van der Waals surface area contributed by atoms with Crippen LogP contribution in [0.25, 0.3) is 11.0 Å². The number of aromatic nitrogens is 6. The molecule has 8 nitrogen and oxygen atoms in total. The molecule has 3 rings (SSSR count). The van der Waals surface area contributed by atoms with Gasteiger partial charge in [0.2, 0.25) is 5.95 Å². The van der Waals surface area contributed by atoms with Crippen LogP contribution in [-0.4, -0.2) is 36.6 Å². The predicted molar refractivity (Wildman–Crippen MR) is 80.7 cm³/mol. The highest BCUT2D eigenvalue weighted by Crippen LogP contribution is 2.20. The Bertz CT molecular complexity index is 772. The molecule has 0 aliphatic rings. The maximum Gasteiger partial charge on any atom is 0.229 e. The molecule has 0 aromatic carbocycles. The first kappa shape index (κ1) is 13.3. The zero-order valence-electron chi connectivity index (χ0n) is 12.4. The van der Waals surface area contributed by atoms with Crippen LogP contribution in [0.15, 0.2) is 18.6 Å². The summed E-state index contributed by atoms with van der Waals surface area (Å²) in [5.41, 5.74) is 7.81. The smallest absolute Gasteiger partial charge is 0.229 e. The fourth-order valence-corrected chi connectivity index (χ4v) is 2.21. The highest BCUT2D eigenvalue weighted by molar-refractivity contribution is 5.86. The topological polar surface area (TPSA) is 90.7 Å². The van der Waals surface area contributed by atoms with Crippen LogP contribution >= 0.6 is 0 Å². The third-order valence-electron chi connectivity index (χ3n) is 3.38. The van der Waals surface area contributed by atoms with Gasteiger partial charge in [-0.15, -0.1) is 0 Å². The second-order valence-electron chi connectivity index (χ2n) is 4.97. The summed E-state index contributed by atoms with van der Waals surface area (Å²) in [5, 5.41) is 9.19. The van der Waals surface area contributed by atoms with E-state index < -0.39 is 0 Å². The largest absolute Gasteiger partial charge is 0.383 e. The Morgan fingerprint density at radius 3 is 2.76 bits per heavy atom. The molecule has 0 amide bonds. The zero-order valence-corrected chi connectivity index (χ0v) is 12.4. The van der Waals surface area contributed by atoms with Gasteiger partial charge < -0.3 is 10.6 Å². The van der Waals surface area contributed by atoms with Crippen molar-refractivity contribution in [3.8, 4) is 0 Å². The lowest BCUT2D eigenvalue weighted by Crippen LogP contribution is -2.19. The van der Waals surface area contributed by atoms with E-state index in [1.165, 1.54) is 0 Å². The van der Waals surface area contributed by atoms with Crippen molar-refractivity contribution in [3.63, 3.8) is 0 Å². The molecular formula is C13H18N8. The first-order valence-electron chi connectivity index (χ1n) is 6.76. The quantitative estimate of drug-likeness (QED) is 0.763. The van der Waals surface area contributed by atoms with Gasteiger partial charge in [0.25, 0.3) is 0 Å². The second kappa shape index (κ2) is 5.04. The van der Waals surface area contributed by atoms with E-state index in [-0.39, 0.29) is 0 Å². The number of nitrogens with two attached hydrogens (primary N) is 1. The normalized spacial score (nSPS) is 11.2.